The maximum atomic E-state index is 13.7. The van der Waals surface area contributed by atoms with Gasteiger partial charge in [0.1, 0.15) is 24.4 Å². The molecule has 0 aliphatic carbocycles. The van der Waals surface area contributed by atoms with Gasteiger partial charge in [0.2, 0.25) is 0 Å². The number of amides is 1. The first-order valence-corrected chi connectivity index (χ1v) is 13.8. The van der Waals surface area contributed by atoms with Gasteiger partial charge in [0.15, 0.2) is 0 Å². The average molecular weight is 629 g/mol. The Morgan fingerprint density at radius 1 is 1.16 bits per heavy atom. The lowest BCUT2D eigenvalue weighted by Crippen LogP contribution is -2.40. The van der Waals surface area contributed by atoms with Crippen LogP contribution in [0.25, 0.3) is 16.9 Å². The molecule has 15 heteroatoms. The maximum absolute atomic E-state index is 13.7. The number of aliphatic carboxylic acids is 1. The molecule has 2 aromatic carbocycles. The monoisotopic (exact) mass is 628 g/mol. The van der Waals surface area contributed by atoms with E-state index in [9.17, 15) is 27.9 Å². The predicted octanol–water partition coefficient (Wildman–Crippen LogP) is 2.91. The Bertz CT molecular complexity index is 1690. The van der Waals surface area contributed by atoms with E-state index in [-0.39, 0.29) is 30.8 Å². The molecule has 0 spiro atoms. The van der Waals surface area contributed by atoms with Crippen LogP contribution in [0.5, 0.6) is 5.75 Å². The Balaban J connectivity index is 0.000000591. The van der Waals surface area contributed by atoms with Crippen LogP contribution in [-0.2, 0) is 24.4 Å². The van der Waals surface area contributed by atoms with Crippen molar-refractivity contribution in [1.82, 2.24) is 29.7 Å². The summed E-state index contributed by atoms with van der Waals surface area (Å²) >= 11 is 0. The lowest BCUT2D eigenvalue weighted by atomic mass is 10.0. The smallest absolute Gasteiger partial charge is 0.490 e. The third-order valence-corrected chi connectivity index (χ3v) is 6.68. The summed E-state index contributed by atoms with van der Waals surface area (Å²) in [4.78, 5) is 44.4. The molecular formula is C30H31F3N6O6. The minimum absolute atomic E-state index is 0.1000. The highest BCUT2D eigenvalue weighted by Crippen LogP contribution is 2.23. The fourth-order valence-electron chi connectivity index (χ4n) is 4.58. The second-order valence-electron chi connectivity index (χ2n) is 10.2. The Morgan fingerprint density at radius 3 is 2.47 bits per heavy atom. The van der Waals surface area contributed by atoms with E-state index >= 15 is 0 Å². The van der Waals surface area contributed by atoms with Gasteiger partial charge in [-0.1, -0.05) is 24.3 Å². The van der Waals surface area contributed by atoms with E-state index < -0.39 is 18.2 Å². The Hall–Kier alpha value is -5.02. The molecular weight excluding hydrogens is 597 g/mol. The largest absolute Gasteiger partial charge is 0.491 e. The number of hydrogen-bond acceptors (Lipinski definition) is 8. The Morgan fingerprint density at radius 2 is 1.84 bits per heavy atom. The van der Waals surface area contributed by atoms with Gasteiger partial charge in [-0.15, -0.1) is 0 Å². The summed E-state index contributed by atoms with van der Waals surface area (Å²) < 4.78 is 40.4. The zero-order chi connectivity index (χ0) is 32.7. The standard InChI is InChI=1S/C28H30N6O4.C2HF3O2/c1-18-15-33-25(14-30-18)26(34(28(33)37)21-7-9-22(10-8-21)38-16-19(2)35)27(36)31-13-20-5-3-4-6-23(20)24-11-12-29-17-32-24;3-2(4,5)1(6)7/h3-12,17-19,30,35H,13-16H2,1-2H3,(H,31,36);(H,6,7)/t18?,19-;/m1./s1. The number of hydrogen-bond donors (Lipinski definition) is 4. The maximum Gasteiger partial charge on any atom is 0.490 e. The van der Waals surface area contributed by atoms with E-state index in [0.717, 1.165) is 16.8 Å². The molecule has 4 aromatic rings. The van der Waals surface area contributed by atoms with Gasteiger partial charge in [0, 0.05) is 37.4 Å². The molecule has 4 N–H and O–H groups in total. The third-order valence-electron chi connectivity index (χ3n) is 6.68. The summed E-state index contributed by atoms with van der Waals surface area (Å²) in [7, 11) is 0. The third kappa shape index (κ3) is 8.13. The number of rotatable bonds is 8. The fraction of sp³-hybridized carbons (Fsp3) is 0.300. The van der Waals surface area contributed by atoms with Crippen LogP contribution in [0, 0.1) is 0 Å². The summed E-state index contributed by atoms with van der Waals surface area (Å²) in [5, 5.41) is 23.0. The van der Waals surface area contributed by atoms with Crippen LogP contribution in [0.1, 0.15) is 35.6 Å². The molecule has 2 atom stereocenters. The van der Waals surface area contributed by atoms with Crippen molar-refractivity contribution in [2.75, 3.05) is 6.61 Å². The van der Waals surface area contributed by atoms with E-state index in [4.69, 9.17) is 14.6 Å². The molecule has 0 saturated heterocycles. The van der Waals surface area contributed by atoms with E-state index in [2.05, 4.69) is 20.6 Å². The van der Waals surface area contributed by atoms with E-state index in [0.29, 0.717) is 35.9 Å². The first kappa shape index (κ1) is 32.9. The minimum atomic E-state index is -5.08. The molecule has 1 amide bonds. The Kier molecular flexibility index (Phi) is 10.4. The fourth-order valence-corrected chi connectivity index (χ4v) is 4.58. The van der Waals surface area contributed by atoms with Gasteiger partial charge in [-0.3, -0.25) is 13.9 Å². The molecule has 0 saturated carbocycles. The molecule has 3 heterocycles. The van der Waals surface area contributed by atoms with Crippen LogP contribution in [0.3, 0.4) is 0 Å². The summed E-state index contributed by atoms with van der Waals surface area (Å²) in [6.07, 6.45) is -2.51. The lowest BCUT2D eigenvalue weighted by Gasteiger charge is -2.22. The van der Waals surface area contributed by atoms with E-state index in [1.165, 1.54) is 10.9 Å². The molecule has 1 unspecified atom stereocenters. The molecule has 238 valence electrons. The first-order chi connectivity index (χ1) is 21.4. The number of halogens is 3. The van der Waals surface area contributed by atoms with Crippen molar-refractivity contribution >= 4 is 11.9 Å². The van der Waals surface area contributed by atoms with Crippen LogP contribution < -0.4 is 21.1 Å². The molecule has 1 aliphatic rings. The molecule has 1 aliphatic heterocycles. The van der Waals surface area contributed by atoms with Crippen molar-refractivity contribution < 1.29 is 37.7 Å². The topological polar surface area (TPSA) is 161 Å². The van der Waals surface area contributed by atoms with Crippen molar-refractivity contribution in [2.45, 2.75) is 51.8 Å². The summed E-state index contributed by atoms with van der Waals surface area (Å²) in [5.41, 5.74) is 3.79. The number of fused-ring (bicyclic) bond motifs is 1. The first-order valence-electron chi connectivity index (χ1n) is 13.8. The van der Waals surface area contributed by atoms with Crippen LogP contribution in [0.4, 0.5) is 13.2 Å². The lowest BCUT2D eigenvalue weighted by molar-refractivity contribution is -0.192. The molecule has 45 heavy (non-hydrogen) atoms. The SMILES string of the molecule is CC1Cn2c(c(C(=O)NCc3ccccc3-c3ccncn3)n(-c3ccc(OC[C@@H](C)O)cc3)c2=O)CN1.O=C(O)C(F)(F)F. The molecule has 0 bridgehead atoms. The number of nitrogens with zero attached hydrogens (tertiary/aromatic N) is 4. The summed E-state index contributed by atoms with van der Waals surface area (Å²) in [6, 6.07) is 16.6. The number of ether oxygens (including phenoxy) is 1. The molecule has 5 rings (SSSR count). The second kappa shape index (κ2) is 14.2. The number of alkyl halides is 3. The number of aliphatic hydroxyl groups excluding tert-OH is 1. The molecule has 0 fully saturated rings. The van der Waals surface area contributed by atoms with Crippen molar-refractivity contribution in [3.8, 4) is 22.7 Å². The predicted molar refractivity (Wildman–Crippen MR) is 156 cm³/mol. The van der Waals surface area contributed by atoms with Crippen molar-refractivity contribution in [3.05, 3.63) is 94.6 Å². The number of nitrogens with one attached hydrogen (secondary N) is 2. The number of aromatic nitrogens is 4. The minimum Gasteiger partial charge on any atom is -0.491 e. The van der Waals surface area contributed by atoms with Gasteiger partial charge in [0.25, 0.3) is 5.91 Å². The molecule has 2 aromatic heterocycles. The average Bonchev–Trinajstić information content (AvgIpc) is 3.30. The van der Waals surface area contributed by atoms with Crippen LogP contribution in [0.2, 0.25) is 0 Å². The van der Waals surface area contributed by atoms with Crippen LogP contribution in [-0.4, -0.2) is 66.1 Å². The number of aliphatic hydroxyl groups is 1. The van der Waals surface area contributed by atoms with E-state index in [1.54, 1.807) is 42.0 Å². The van der Waals surface area contributed by atoms with Gasteiger partial charge < -0.3 is 25.6 Å². The van der Waals surface area contributed by atoms with Crippen molar-refractivity contribution in [2.24, 2.45) is 0 Å². The normalized spacial score (nSPS) is 14.8. The number of carboxylic acids is 1. The van der Waals surface area contributed by atoms with Gasteiger partial charge in [-0.2, -0.15) is 13.2 Å². The van der Waals surface area contributed by atoms with Crippen LogP contribution >= 0.6 is 0 Å². The summed E-state index contributed by atoms with van der Waals surface area (Å²) in [5.74, 6) is -2.54. The van der Waals surface area contributed by atoms with Gasteiger partial charge in [0.05, 0.1) is 23.2 Å². The zero-order valence-corrected chi connectivity index (χ0v) is 24.3. The van der Waals surface area contributed by atoms with Crippen molar-refractivity contribution in [1.29, 1.82) is 0 Å². The number of carbonyl (C=O) groups is 2. The van der Waals surface area contributed by atoms with Crippen molar-refractivity contribution in [3.63, 3.8) is 0 Å². The highest BCUT2D eigenvalue weighted by Gasteiger charge is 2.38. The number of imidazole rings is 1. The number of benzene rings is 2. The number of carboxylic acid groups (broad SMARTS) is 1. The molecule has 0 radical (unpaired) electrons. The van der Waals surface area contributed by atoms with Gasteiger partial charge >= 0.3 is 17.8 Å². The van der Waals surface area contributed by atoms with Crippen LogP contribution in [0.15, 0.2) is 71.9 Å². The summed E-state index contributed by atoms with van der Waals surface area (Å²) in [6.45, 7) is 4.94. The van der Waals surface area contributed by atoms with Gasteiger partial charge in [-0.25, -0.2) is 19.6 Å². The number of carbonyl (C=O) groups excluding carboxylic acids is 1. The quantitative estimate of drug-likeness (QED) is 0.230. The van der Waals surface area contributed by atoms with E-state index in [1.807, 2.05) is 37.3 Å². The molecule has 12 nitrogen and oxygen atoms in total. The highest BCUT2D eigenvalue weighted by molar-refractivity contribution is 5.94. The van der Waals surface area contributed by atoms with Gasteiger partial charge in [-0.05, 0) is 49.7 Å². The zero-order valence-electron chi connectivity index (χ0n) is 24.3. The Labute approximate surface area is 255 Å². The second-order valence-corrected chi connectivity index (χ2v) is 10.2. The highest BCUT2D eigenvalue weighted by atomic mass is 19.4.